The van der Waals surface area contributed by atoms with Crippen LogP contribution in [0.1, 0.15) is 34.6 Å². The molecule has 0 unspecified atom stereocenters. The lowest BCUT2D eigenvalue weighted by atomic mass is 10.2. The number of para-hydroxylation sites is 1. The van der Waals surface area contributed by atoms with Crippen LogP contribution in [0.2, 0.25) is 0 Å². The number of carbonyl (C=O) groups is 1. The molecule has 1 amide bonds. The van der Waals surface area contributed by atoms with E-state index in [2.05, 4.69) is 10.4 Å². The summed E-state index contributed by atoms with van der Waals surface area (Å²) in [7, 11) is 1.66. The van der Waals surface area contributed by atoms with E-state index in [0.29, 0.717) is 18.8 Å². The maximum absolute atomic E-state index is 12.4. The molecule has 0 fully saturated rings. The molecule has 0 aliphatic heterocycles. The number of fused-ring (bicyclic) bond motifs is 1. The van der Waals surface area contributed by atoms with Crippen molar-refractivity contribution in [2.24, 2.45) is 0 Å². The van der Waals surface area contributed by atoms with Crippen LogP contribution in [0.5, 0.6) is 0 Å². The number of carbonyl (C=O) groups excluding carboxylic acids is 1. The van der Waals surface area contributed by atoms with Gasteiger partial charge in [-0.25, -0.2) is 4.68 Å². The van der Waals surface area contributed by atoms with Crippen LogP contribution in [-0.2, 0) is 17.6 Å². The first kappa shape index (κ1) is 14.8. The Morgan fingerprint density at radius 2 is 2.14 bits per heavy atom. The minimum Gasteiger partial charge on any atom is -0.385 e. The number of methoxy groups -OCH3 is 1. The molecule has 0 radical (unpaired) electrons. The van der Waals surface area contributed by atoms with Crippen LogP contribution in [0.25, 0.3) is 5.69 Å². The average molecular weight is 299 g/mol. The maximum Gasteiger partial charge on any atom is 0.272 e. The van der Waals surface area contributed by atoms with Crippen LogP contribution >= 0.6 is 0 Å². The summed E-state index contributed by atoms with van der Waals surface area (Å²) in [5, 5.41) is 7.51. The molecule has 1 aromatic heterocycles. The zero-order valence-corrected chi connectivity index (χ0v) is 12.8. The zero-order valence-electron chi connectivity index (χ0n) is 12.8. The smallest absolute Gasteiger partial charge is 0.272 e. The SMILES string of the molecule is COCCCNC(=O)c1nn(-c2ccccc2)c2c1CCC2. The highest BCUT2D eigenvalue weighted by Gasteiger charge is 2.26. The summed E-state index contributed by atoms with van der Waals surface area (Å²) in [6.07, 6.45) is 3.81. The molecule has 1 heterocycles. The predicted octanol–water partition coefficient (Wildman–Crippen LogP) is 2.13. The van der Waals surface area contributed by atoms with Gasteiger partial charge in [-0.3, -0.25) is 4.79 Å². The molecule has 5 nitrogen and oxygen atoms in total. The fourth-order valence-corrected chi connectivity index (χ4v) is 2.90. The van der Waals surface area contributed by atoms with Gasteiger partial charge >= 0.3 is 0 Å². The molecule has 2 aromatic rings. The molecule has 0 saturated carbocycles. The van der Waals surface area contributed by atoms with Crippen LogP contribution in [0.3, 0.4) is 0 Å². The first-order valence-electron chi connectivity index (χ1n) is 7.74. The van der Waals surface area contributed by atoms with E-state index < -0.39 is 0 Å². The van der Waals surface area contributed by atoms with E-state index in [4.69, 9.17) is 4.74 Å². The molecule has 22 heavy (non-hydrogen) atoms. The highest BCUT2D eigenvalue weighted by atomic mass is 16.5. The van der Waals surface area contributed by atoms with Gasteiger partial charge in [0.25, 0.3) is 5.91 Å². The summed E-state index contributed by atoms with van der Waals surface area (Å²) in [6.45, 7) is 1.26. The fourth-order valence-electron chi connectivity index (χ4n) is 2.90. The van der Waals surface area contributed by atoms with Crippen molar-refractivity contribution in [1.29, 1.82) is 0 Å². The van der Waals surface area contributed by atoms with E-state index >= 15 is 0 Å². The average Bonchev–Trinajstić information content (AvgIpc) is 3.14. The molecule has 116 valence electrons. The number of benzene rings is 1. The molecular weight excluding hydrogens is 278 g/mol. The topological polar surface area (TPSA) is 56.1 Å². The molecule has 5 heteroatoms. The van der Waals surface area contributed by atoms with Gasteiger partial charge in [-0.1, -0.05) is 18.2 Å². The number of amides is 1. The number of nitrogens with zero attached hydrogens (tertiary/aromatic N) is 2. The summed E-state index contributed by atoms with van der Waals surface area (Å²) in [6, 6.07) is 10.0. The Hall–Kier alpha value is -2.14. The summed E-state index contributed by atoms with van der Waals surface area (Å²) < 4.78 is 6.92. The van der Waals surface area contributed by atoms with E-state index in [1.54, 1.807) is 7.11 Å². The number of hydrogen-bond donors (Lipinski definition) is 1. The third-order valence-electron chi connectivity index (χ3n) is 3.96. The van der Waals surface area contributed by atoms with Crippen molar-refractivity contribution >= 4 is 5.91 Å². The van der Waals surface area contributed by atoms with Gasteiger partial charge in [-0.15, -0.1) is 0 Å². The molecule has 0 bridgehead atoms. The van der Waals surface area contributed by atoms with Crippen molar-refractivity contribution in [3.8, 4) is 5.69 Å². The Balaban J connectivity index is 1.82. The monoisotopic (exact) mass is 299 g/mol. The van der Waals surface area contributed by atoms with Gasteiger partial charge in [0.05, 0.1) is 5.69 Å². The lowest BCUT2D eigenvalue weighted by molar-refractivity contribution is 0.0942. The fraction of sp³-hybridized carbons (Fsp3) is 0.412. The number of ether oxygens (including phenoxy) is 1. The van der Waals surface area contributed by atoms with Crippen LogP contribution < -0.4 is 5.32 Å². The maximum atomic E-state index is 12.4. The molecule has 0 spiro atoms. The Bertz CT molecular complexity index is 649. The van der Waals surface area contributed by atoms with E-state index in [-0.39, 0.29) is 5.91 Å². The summed E-state index contributed by atoms with van der Waals surface area (Å²) in [4.78, 5) is 12.4. The Labute approximate surface area is 130 Å². The quantitative estimate of drug-likeness (QED) is 0.831. The van der Waals surface area contributed by atoms with Crippen molar-refractivity contribution in [2.45, 2.75) is 25.7 Å². The number of rotatable bonds is 6. The molecule has 1 aliphatic rings. The predicted molar refractivity (Wildman–Crippen MR) is 84.4 cm³/mol. The Kier molecular flexibility index (Phi) is 4.53. The van der Waals surface area contributed by atoms with E-state index in [1.807, 2.05) is 35.0 Å². The standard InChI is InChI=1S/C17H21N3O2/c1-22-12-6-11-18-17(21)16-14-9-5-10-15(14)20(19-16)13-7-3-2-4-8-13/h2-4,7-8H,5-6,9-12H2,1H3,(H,18,21). The minimum absolute atomic E-state index is 0.0797. The van der Waals surface area contributed by atoms with Crippen LogP contribution in [0.15, 0.2) is 30.3 Å². The normalized spacial score (nSPS) is 13.1. The van der Waals surface area contributed by atoms with Crippen molar-refractivity contribution in [1.82, 2.24) is 15.1 Å². The zero-order chi connectivity index (χ0) is 15.4. The van der Waals surface area contributed by atoms with Crippen LogP contribution in [-0.4, -0.2) is 35.9 Å². The van der Waals surface area contributed by atoms with E-state index in [0.717, 1.165) is 36.9 Å². The molecule has 1 aromatic carbocycles. The number of hydrogen-bond acceptors (Lipinski definition) is 3. The Morgan fingerprint density at radius 1 is 1.32 bits per heavy atom. The first-order valence-corrected chi connectivity index (χ1v) is 7.74. The van der Waals surface area contributed by atoms with Crippen molar-refractivity contribution < 1.29 is 9.53 Å². The summed E-state index contributed by atoms with van der Waals surface area (Å²) in [5.41, 5.74) is 3.87. The van der Waals surface area contributed by atoms with Gasteiger partial charge in [-0.05, 0) is 37.8 Å². The summed E-state index contributed by atoms with van der Waals surface area (Å²) in [5.74, 6) is -0.0797. The van der Waals surface area contributed by atoms with Gasteiger partial charge in [0.2, 0.25) is 0 Å². The third-order valence-corrected chi connectivity index (χ3v) is 3.96. The number of nitrogens with one attached hydrogen (secondary N) is 1. The van der Waals surface area contributed by atoms with Crippen LogP contribution in [0.4, 0.5) is 0 Å². The second-order valence-electron chi connectivity index (χ2n) is 5.48. The molecule has 1 aliphatic carbocycles. The molecule has 0 atom stereocenters. The Morgan fingerprint density at radius 3 is 2.91 bits per heavy atom. The minimum atomic E-state index is -0.0797. The molecule has 0 saturated heterocycles. The van der Waals surface area contributed by atoms with E-state index in [1.165, 1.54) is 5.69 Å². The van der Waals surface area contributed by atoms with Gasteiger partial charge in [-0.2, -0.15) is 5.10 Å². The molecule has 3 rings (SSSR count). The molecule has 1 N–H and O–H groups in total. The second-order valence-corrected chi connectivity index (χ2v) is 5.48. The molecular formula is C17H21N3O2. The van der Waals surface area contributed by atoms with Crippen molar-refractivity contribution in [3.63, 3.8) is 0 Å². The number of aromatic nitrogens is 2. The first-order chi connectivity index (χ1) is 10.8. The lowest BCUT2D eigenvalue weighted by Gasteiger charge is -2.05. The van der Waals surface area contributed by atoms with Gasteiger partial charge in [0.15, 0.2) is 5.69 Å². The highest BCUT2D eigenvalue weighted by molar-refractivity contribution is 5.94. The lowest BCUT2D eigenvalue weighted by Crippen LogP contribution is -2.26. The summed E-state index contributed by atoms with van der Waals surface area (Å²) >= 11 is 0. The van der Waals surface area contributed by atoms with Gasteiger partial charge in [0, 0.05) is 31.5 Å². The van der Waals surface area contributed by atoms with Crippen molar-refractivity contribution in [2.75, 3.05) is 20.3 Å². The third kappa shape index (κ3) is 2.90. The van der Waals surface area contributed by atoms with Crippen molar-refractivity contribution in [3.05, 3.63) is 47.3 Å². The van der Waals surface area contributed by atoms with Crippen LogP contribution in [0, 0.1) is 0 Å². The van der Waals surface area contributed by atoms with Gasteiger partial charge < -0.3 is 10.1 Å². The van der Waals surface area contributed by atoms with Gasteiger partial charge in [0.1, 0.15) is 0 Å². The largest absolute Gasteiger partial charge is 0.385 e. The highest BCUT2D eigenvalue weighted by Crippen LogP contribution is 2.27. The van der Waals surface area contributed by atoms with E-state index in [9.17, 15) is 4.79 Å². The second kappa shape index (κ2) is 6.75.